The van der Waals surface area contributed by atoms with Crippen LogP contribution in [0.1, 0.15) is 37.6 Å². The number of aryl methyl sites for hydroxylation is 1. The Morgan fingerprint density at radius 3 is 2.86 bits per heavy atom. The summed E-state index contributed by atoms with van der Waals surface area (Å²) in [5, 5.41) is 7.81. The Morgan fingerprint density at radius 1 is 1.43 bits per heavy atom. The number of nitrogens with one attached hydrogen (secondary N) is 1. The Labute approximate surface area is 137 Å². The van der Waals surface area contributed by atoms with Gasteiger partial charge in [-0.2, -0.15) is 5.10 Å². The smallest absolute Gasteiger partial charge is 0.146 e. The zero-order valence-electron chi connectivity index (χ0n) is 12.0. The predicted octanol–water partition coefficient (Wildman–Crippen LogP) is 4.55. The Balaban J connectivity index is 2.53. The number of aromatic nitrogens is 2. The van der Waals surface area contributed by atoms with E-state index < -0.39 is 0 Å². The maximum absolute atomic E-state index is 14.4. The number of halogens is 3. The van der Waals surface area contributed by atoms with Crippen LogP contribution in [0.25, 0.3) is 0 Å². The van der Waals surface area contributed by atoms with Crippen LogP contribution in [0.2, 0.25) is 5.02 Å². The molecule has 1 unspecified atom stereocenters. The van der Waals surface area contributed by atoms with Gasteiger partial charge in [0.2, 0.25) is 0 Å². The van der Waals surface area contributed by atoms with Crippen molar-refractivity contribution in [3.8, 4) is 0 Å². The molecule has 2 aromatic rings. The summed E-state index contributed by atoms with van der Waals surface area (Å²) in [6, 6.07) is 4.78. The maximum atomic E-state index is 14.4. The van der Waals surface area contributed by atoms with E-state index in [1.807, 2.05) is 11.6 Å². The molecule has 0 spiro atoms. The highest BCUT2D eigenvalue weighted by molar-refractivity contribution is 9.10. The van der Waals surface area contributed by atoms with E-state index in [9.17, 15) is 4.39 Å². The molecule has 6 heteroatoms. The lowest BCUT2D eigenvalue weighted by molar-refractivity contribution is 0.501. The van der Waals surface area contributed by atoms with E-state index in [0.717, 1.165) is 23.1 Å². The minimum absolute atomic E-state index is 0.132. The summed E-state index contributed by atoms with van der Waals surface area (Å²) in [6.07, 6.45) is 2.70. The molecule has 2 rings (SSSR count). The molecule has 0 saturated heterocycles. The molecule has 0 aliphatic carbocycles. The maximum Gasteiger partial charge on any atom is 0.146 e. The van der Waals surface area contributed by atoms with Gasteiger partial charge < -0.3 is 5.32 Å². The topological polar surface area (TPSA) is 29.9 Å². The molecule has 1 aromatic carbocycles. The molecule has 0 radical (unpaired) electrons. The van der Waals surface area contributed by atoms with Gasteiger partial charge in [0.15, 0.2) is 0 Å². The van der Waals surface area contributed by atoms with Gasteiger partial charge >= 0.3 is 0 Å². The van der Waals surface area contributed by atoms with Crippen molar-refractivity contribution in [3.05, 3.63) is 51.0 Å². The third kappa shape index (κ3) is 3.47. The van der Waals surface area contributed by atoms with E-state index in [1.54, 1.807) is 24.4 Å². The fraction of sp³-hybridized carbons (Fsp3) is 0.400. The number of hydrogen-bond acceptors (Lipinski definition) is 2. The van der Waals surface area contributed by atoms with Crippen molar-refractivity contribution < 1.29 is 4.39 Å². The molecular formula is C15H18BrClFN3. The molecule has 0 aliphatic heterocycles. The van der Waals surface area contributed by atoms with Crippen LogP contribution >= 0.6 is 27.5 Å². The van der Waals surface area contributed by atoms with Crippen LogP contribution < -0.4 is 5.32 Å². The van der Waals surface area contributed by atoms with Gasteiger partial charge in [0, 0.05) is 12.1 Å². The molecule has 21 heavy (non-hydrogen) atoms. The number of hydrogen-bond donors (Lipinski definition) is 1. The SMILES string of the molecule is CCCn1ncc(Br)c1C(NCC)c1cccc(Cl)c1F. The molecule has 0 amide bonds. The fourth-order valence-electron chi connectivity index (χ4n) is 2.35. The average molecular weight is 375 g/mol. The first kappa shape index (κ1) is 16.5. The highest BCUT2D eigenvalue weighted by atomic mass is 79.9. The minimum atomic E-state index is -0.388. The second kappa shape index (κ2) is 7.38. The number of benzene rings is 1. The van der Waals surface area contributed by atoms with Crippen molar-refractivity contribution in [1.29, 1.82) is 0 Å². The highest BCUT2D eigenvalue weighted by Gasteiger charge is 2.24. The predicted molar refractivity (Wildman–Crippen MR) is 87.1 cm³/mol. The summed E-state index contributed by atoms with van der Waals surface area (Å²) >= 11 is 9.44. The molecule has 0 bridgehead atoms. The van der Waals surface area contributed by atoms with Crippen LogP contribution in [0.5, 0.6) is 0 Å². The van der Waals surface area contributed by atoms with Crippen LogP contribution in [0.4, 0.5) is 4.39 Å². The lowest BCUT2D eigenvalue weighted by Crippen LogP contribution is -2.26. The standard InChI is InChI=1S/C15H18BrClFN3/c1-3-8-21-15(11(16)9-20-21)14(19-4-2)10-6-5-7-12(17)13(10)18/h5-7,9,14,19H,3-4,8H2,1-2H3. The highest BCUT2D eigenvalue weighted by Crippen LogP contribution is 2.32. The van der Waals surface area contributed by atoms with Gasteiger partial charge in [-0.05, 0) is 35.0 Å². The second-order valence-corrected chi connectivity index (χ2v) is 6.00. The van der Waals surface area contributed by atoms with Gasteiger partial charge in [-0.15, -0.1) is 0 Å². The van der Waals surface area contributed by atoms with Crippen LogP contribution in [0.3, 0.4) is 0 Å². The van der Waals surface area contributed by atoms with Gasteiger partial charge in [-0.25, -0.2) is 4.39 Å². The fourth-order valence-corrected chi connectivity index (χ4v) is 3.06. The van der Waals surface area contributed by atoms with Gasteiger partial charge in [-0.3, -0.25) is 4.68 Å². The van der Waals surface area contributed by atoms with Crippen molar-refractivity contribution >= 4 is 27.5 Å². The van der Waals surface area contributed by atoms with Gasteiger partial charge in [-0.1, -0.05) is 37.6 Å². The Kier molecular flexibility index (Phi) is 5.79. The van der Waals surface area contributed by atoms with Crippen LogP contribution in [0.15, 0.2) is 28.9 Å². The van der Waals surface area contributed by atoms with Crippen LogP contribution in [0, 0.1) is 5.82 Å². The molecule has 1 N–H and O–H groups in total. The largest absolute Gasteiger partial charge is 0.305 e. The summed E-state index contributed by atoms with van der Waals surface area (Å²) in [6.45, 7) is 5.57. The van der Waals surface area contributed by atoms with E-state index in [0.29, 0.717) is 12.1 Å². The van der Waals surface area contributed by atoms with Gasteiger partial charge in [0.25, 0.3) is 0 Å². The third-order valence-electron chi connectivity index (χ3n) is 3.24. The molecule has 0 aliphatic rings. The van der Waals surface area contributed by atoms with Crippen molar-refractivity contribution in [2.24, 2.45) is 0 Å². The van der Waals surface area contributed by atoms with Crippen molar-refractivity contribution in [1.82, 2.24) is 15.1 Å². The van der Waals surface area contributed by atoms with Crippen LogP contribution in [-0.4, -0.2) is 16.3 Å². The zero-order valence-corrected chi connectivity index (χ0v) is 14.4. The summed E-state index contributed by atoms with van der Waals surface area (Å²) in [5.41, 5.74) is 1.45. The quantitative estimate of drug-likeness (QED) is 0.804. The number of nitrogens with zero attached hydrogens (tertiary/aromatic N) is 2. The first-order chi connectivity index (χ1) is 10.1. The molecule has 0 fully saturated rings. The Bertz CT molecular complexity index is 615. The average Bonchev–Trinajstić information content (AvgIpc) is 2.81. The van der Waals surface area contributed by atoms with E-state index in [1.165, 1.54) is 0 Å². The van der Waals surface area contributed by atoms with E-state index in [4.69, 9.17) is 11.6 Å². The lowest BCUT2D eigenvalue weighted by Gasteiger charge is -2.21. The van der Waals surface area contributed by atoms with Gasteiger partial charge in [0.1, 0.15) is 5.82 Å². The molecule has 3 nitrogen and oxygen atoms in total. The van der Waals surface area contributed by atoms with E-state index in [2.05, 4.69) is 33.3 Å². The zero-order chi connectivity index (χ0) is 15.4. The molecule has 1 heterocycles. The minimum Gasteiger partial charge on any atom is -0.305 e. The summed E-state index contributed by atoms with van der Waals surface area (Å²) in [7, 11) is 0. The second-order valence-electron chi connectivity index (χ2n) is 4.73. The Hall–Kier alpha value is -0.910. The summed E-state index contributed by atoms with van der Waals surface area (Å²) in [4.78, 5) is 0. The molecule has 1 atom stereocenters. The van der Waals surface area contributed by atoms with Crippen LogP contribution in [-0.2, 0) is 6.54 Å². The van der Waals surface area contributed by atoms with Gasteiger partial charge in [0.05, 0.1) is 27.4 Å². The van der Waals surface area contributed by atoms with E-state index >= 15 is 0 Å². The lowest BCUT2D eigenvalue weighted by atomic mass is 10.0. The monoisotopic (exact) mass is 373 g/mol. The van der Waals surface area contributed by atoms with Crippen molar-refractivity contribution in [2.45, 2.75) is 32.9 Å². The first-order valence-electron chi connectivity index (χ1n) is 6.98. The molecule has 0 saturated carbocycles. The first-order valence-corrected chi connectivity index (χ1v) is 8.15. The number of rotatable bonds is 6. The molecule has 1 aromatic heterocycles. The third-order valence-corrected chi connectivity index (χ3v) is 4.15. The normalized spacial score (nSPS) is 12.6. The van der Waals surface area contributed by atoms with Crippen molar-refractivity contribution in [3.63, 3.8) is 0 Å². The Morgan fingerprint density at radius 2 is 2.19 bits per heavy atom. The molecular weight excluding hydrogens is 357 g/mol. The summed E-state index contributed by atoms with van der Waals surface area (Å²) < 4.78 is 17.2. The molecule has 114 valence electrons. The van der Waals surface area contributed by atoms with E-state index in [-0.39, 0.29) is 16.9 Å². The summed E-state index contributed by atoms with van der Waals surface area (Å²) in [5.74, 6) is -0.388. The van der Waals surface area contributed by atoms with Crippen molar-refractivity contribution in [2.75, 3.05) is 6.54 Å².